The summed E-state index contributed by atoms with van der Waals surface area (Å²) in [5, 5.41) is 0. The lowest BCUT2D eigenvalue weighted by molar-refractivity contribution is 0.0411. The highest BCUT2D eigenvalue weighted by Crippen LogP contribution is 2.28. The van der Waals surface area contributed by atoms with Crippen molar-refractivity contribution in [3.8, 4) is 5.75 Å². The van der Waals surface area contributed by atoms with Crippen molar-refractivity contribution in [3.05, 3.63) is 23.8 Å². The Labute approximate surface area is 126 Å². The van der Waals surface area contributed by atoms with Crippen molar-refractivity contribution >= 4 is 11.6 Å². The monoisotopic (exact) mass is 291 g/mol. The van der Waals surface area contributed by atoms with E-state index in [-0.39, 0.29) is 5.91 Å². The first-order valence-electron chi connectivity index (χ1n) is 7.48. The number of nitrogen functional groups attached to an aromatic ring is 1. The van der Waals surface area contributed by atoms with E-state index in [0.29, 0.717) is 35.7 Å². The molecule has 1 aliphatic heterocycles. The Bertz CT molecular complexity index is 506. The third-order valence-corrected chi connectivity index (χ3v) is 4.21. The predicted molar refractivity (Wildman–Crippen MR) is 84.6 cm³/mol. The summed E-state index contributed by atoms with van der Waals surface area (Å²) in [7, 11) is 2.10. The Balaban J connectivity index is 2.26. The van der Waals surface area contributed by atoms with Crippen LogP contribution in [0.2, 0.25) is 0 Å². The van der Waals surface area contributed by atoms with Crippen molar-refractivity contribution in [3.63, 3.8) is 0 Å². The number of anilines is 1. The highest BCUT2D eigenvalue weighted by atomic mass is 16.5. The van der Waals surface area contributed by atoms with Crippen molar-refractivity contribution in [1.82, 2.24) is 9.80 Å². The molecule has 1 heterocycles. The van der Waals surface area contributed by atoms with Crippen molar-refractivity contribution in [1.29, 1.82) is 0 Å². The van der Waals surface area contributed by atoms with Gasteiger partial charge in [-0.1, -0.05) is 6.07 Å². The van der Waals surface area contributed by atoms with Gasteiger partial charge in [-0.2, -0.15) is 0 Å². The molecular weight excluding hydrogens is 266 g/mol. The number of nitrogens with zero attached hydrogens (tertiary/aromatic N) is 2. The third kappa shape index (κ3) is 3.13. The molecule has 2 atom stereocenters. The molecule has 1 fully saturated rings. The highest BCUT2D eigenvalue weighted by molar-refractivity contribution is 5.98. The van der Waals surface area contributed by atoms with E-state index < -0.39 is 0 Å². The predicted octanol–water partition coefficient (Wildman–Crippen LogP) is 1.83. The van der Waals surface area contributed by atoms with Crippen LogP contribution >= 0.6 is 0 Å². The zero-order chi connectivity index (χ0) is 15.6. The summed E-state index contributed by atoms with van der Waals surface area (Å²) in [6.07, 6.45) is 0. The Morgan fingerprint density at radius 1 is 1.33 bits per heavy atom. The summed E-state index contributed by atoms with van der Waals surface area (Å²) in [5.41, 5.74) is 7.02. The van der Waals surface area contributed by atoms with Crippen LogP contribution in [-0.2, 0) is 0 Å². The van der Waals surface area contributed by atoms with Crippen LogP contribution in [0.1, 0.15) is 31.1 Å². The van der Waals surface area contributed by atoms with Gasteiger partial charge in [-0.05, 0) is 40.0 Å². The first-order valence-corrected chi connectivity index (χ1v) is 7.48. The topological polar surface area (TPSA) is 58.8 Å². The average molecular weight is 291 g/mol. The molecule has 0 spiro atoms. The van der Waals surface area contributed by atoms with Gasteiger partial charge in [-0.3, -0.25) is 9.69 Å². The molecule has 0 saturated carbocycles. The van der Waals surface area contributed by atoms with E-state index in [1.54, 1.807) is 18.2 Å². The van der Waals surface area contributed by atoms with E-state index in [2.05, 4.69) is 25.8 Å². The zero-order valence-electron chi connectivity index (χ0n) is 13.3. The number of amides is 1. The van der Waals surface area contributed by atoms with Crippen molar-refractivity contribution in [2.45, 2.75) is 32.9 Å². The molecule has 0 bridgehead atoms. The fraction of sp³-hybridized carbons (Fsp3) is 0.562. The quantitative estimate of drug-likeness (QED) is 0.863. The Kier molecular flexibility index (Phi) is 4.73. The van der Waals surface area contributed by atoms with E-state index >= 15 is 0 Å². The highest BCUT2D eigenvalue weighted by Gasteiger charge is 2.31. The lowest BCUT2D eigenvalue weighted by atomic mass is 10.1. The number of hydrogen-bond donors (Lipinski definition) is 1. The first kappa shape index (κ1) is 15.6. The molecule has 0 aromatic heterocycles. The van der Waals surface area contributed by atoms with Gasteiger partial charge in [-0.25, -0.2) is 0 Å². The maximum atomic E-state index is 12.8. The van der Waals surface area contributed by atoms with Crippen LogP contribution in [-0.4, -0.2) is 54.5 Å². The maximum absolute atomic E-state index is 12.8. The van der Waals surface area contributed by atoms with Crippen LogP contribution < -0.4 is 10.5 Å². The molecule has 0 radical (unpaired) electrons. The lowest BCUT2D eigenvalue weighted by Gasteiger charge is -2.42. The number of likely N-dealkylation sites (N-methyl/N-ethyl adjacent to an activating group) is 1. The minimum Gasteiger partial charge on any atom is -0.491 e. The number of carbonyl (C=O) groups is 1. The van der Waals surface area contributed by atoms with Crippen molar-refractivity contribution in [2.75, 3.05) is 32.5 Å². The smallest absolute Gasteiger partial charge is 0.257 e. The molecular formula is C16H25N3O2. The second-order valence-corrected chi connectivity index (χ2v) is 5.73. The van der Waals surface area contributed by atoms with Gasteiger partial charge >= 0.3 is 0 Å². The van der Waals surface area contributed by atoms with E-state index in [1.165, 1.54) is 0 Å². The molecule has 2 rings (SSSR count). The van der Waals surface area contributed by atoms with Gasteiger partial charge in [0.05, 0.1) is 17.9 Å². The minimum absolute atomic E-state index is 0.00227. The minimum atomic E-state index is -0.00227. The molecule has 1 saturated heterocycles. The van der Waals surface area contributed by atoms with E-state index in [0.717, 1.165) is 13.1 Å². The number of ether oxygens (including phenoxy) is 1. The second-order valence-electron chi connectivity index (χ2n) is 5.73. The molecule has 2 unspecified atom stereocenters. The van der Waals surface area contributed by atoms with E-state index in [4.69, 9.17) is 10.5 Å². The van der Waals surface area contributed by atoms with Crippen LogP contribution in [0.5, 0.6) is 5.75 Å². The summed E-state index contributed by atoms with van der Waals surface area (Å²) in [6, 6.07) is 6.03. The number of carbonyl (C=O) groups excluding carboxylic acids is 1. The average Bonchev–Trinajstić information content (AvgIpc) is 2.45. The molecule has 1 aliphatic rings. The third-order valence-electron chi connectivity index (χ3n) is 4.21. The summed E-state index contributed by atoms with van der Waals surface area (Å²) in [4.78, 5) is 17.0. The number of hydrogen-bond acceptors (Lipinski definition) is 4. The fourth-order valence-corrected chi connectivity index (χ4v) is 2.77. The molecule has 21 heavy (non-hydrogen) atoms. The van der Waals surface area contributed by atoms with Gasteiger partial charge in [0.1, 0.15) is 0 Å². The van der Waals surface area contributed by atoms with Gasteiger partial charge in [0.15, 0.2) is 5.75 Å². The van der Waals surface area contributed by atoms with Gasteiger partial charge in [0.25, 0.3) is 5.91 Å². The van der Waals surface area contributed by atoms with Crippen LogP contribution in [0.25, 0.3) is 0 Å². The second kappa shape index (κ2) is 6.35. The maximum Gasteiger partial charge on any atom is 0.257 e. The first-order chi connectivity index (χ1) is 9.95. The number of benzene rings is 1. The molecule has 5 nitrogen and oxygen atoms in total. The number of para-hydroxylation sites is 1. The van der Waals surface area contributed by atoms with Crippen LogP contribution in [0.15, 0.2) is 18.2 Å². The Morgan fingerprint density at radius 2 is 1.95 bits per heavy atom. The number of piperazine rings is 1. The fourth-order valence-electron chi connectivity index (χ4n) is 2.77. The Hall–Kier alpha value is -1.75. The van der Waals surface area contributed by atoms with E-state index in [9.17, 15) is 4.79 Å². The van der Waals surface area contributed by atoms with Gasteiger partial charge < -0.3 is 15.4 Å². The molecule has 116 valence electrons. The number of rotatable bonds is 3. The summed E-state index contributed by atoms with van der Waals surface area (Å²) in [5.74, 6) is 0.502. The van der Waals surface area contributed by atoms with Crippen molar-refractivity contribution in [2.24, 2.45) is 0 Å². The van der Waals surface area contributed by atoms with Crippen molar-refractivity contribution < 1.29 is 9.53 Å². The SMILES string of the molecule is CCOc1c(N)cccc1C(=O)N1CC(C)N(C)C(C)C1. The summed E-state index contributed by atoms with van der Waals surface area (Å²) in [6.45, 7) is 8.10. The van der Waals surface area contributed by atoms with Crippen LogP contribution in [0.3, 0.4) is 0 Å². The van der Waals surface area contributed by atoms with Gasteiger partial charge in [0.2, 0.25) is 0 Å². The molecule has 0 aliphatic carbocycles. The summed E-state index contributed by atoms with van der Waals surface area (Å²) < 4.78 is 5.57. The number of nitrogens with two attached hydrogens (primary N) is 1. The van der Waals surface area contributed by atoms with Gasteiger partial charge in [-0.15, -0.1) is 0 Å². The summed E-state index contributed by atoms with van der Waals surface area (Å²) >= 11 is 0. The molecule has 2 N–H and O–H groups in total. The molecule has 5 heteroatoms. The lowest BCUT2D eigenvalue weighted by Crippen LogP contribution is -2.56. The molecule has 1 amide bonds. The van der Waals surface area contributed by atoms with Crippen LogP contribution in [0.4, 0.5) is 5.69 Å². The zero-order valence-corrected chi connectivity index (χ0v) is 13.3. The van der Waals surface area contributed by atoms with Crippen LogP contribution in [0, 0.1) is 0 Å². The van der Waals surface area contributed by atoms with Gasteiger partial charge in [0, 0.05) is 25.2 Å². The normalized spacial score (nSPS) is 23.1. The molecule has 1 aromatic carbocycles. The Morgan fingerprint density at radius 3 is 2.52 bits per heavy atom. The molecule has 1 aromatic rings. The standard InChI is InChI=1S/C16H25N3O2/c1-5-21-15-13(7-6-8-14(15)17)16(20)19-9-11(2)18(4)12(3)10-19/h6-8,11-12H,5,9-10,17H2,1-4H3. The largest absolute Gasteiger partial charge is 0.491 e. The van der Waals surface area contributed by atoms with E-state index in [1.807, 2.05) is 11.8 Å².